The molecule has 1 aromatic rings. The first kappa shape index (κ1) is 13.1. The van der Waals surface area contributed by atoms with E-state index in [-0.39, 0.29) is 6.08 Å². The van der Waals surface area contributed by atoms with E-state index >= 15 is 0 Å². The van der Waals surface area contributed by atoms with Gasteiger partial charge in [-0.05, 0) is 12.1 Å². The van der Waals surface area contributed by atoms with E-state index < -0.39 is 34.9 Å². The van der Waals surface area contributed by atoms with Crippen molar-refractivity contribution in [2.45, 2.75) is 6.18 Å². The van der Waals surface area contributed by atoms with Gasteiger partial charge in [0.1, 0.15) is 17.4 Å². The van der Waals surface area contributed by atoms with Crippen LogP contribution in [-0.4, -0.2) is 17.1 Å². The zero-order valence-corrected chi connectivity index (χ0v) is 8.05. The van der Waals surface area contributed by atoms with Crippen molar-refractivity contribution in [2.24, 2.45) is 0 Å². The molecule has 17 heavy (non-hydrogen) atoms. The molecule has 0 aliphatic carbocycles. The van der Waals surface area contributed by atoms with E-state index in [1.807, 2.05) is 0 Å². The van der Waals surface area contributed by atoms with Gasteiger partial charge in [-0.2, -0.15) is 13.2 Å². The molecule has 0 atom stereocenters. The molecule has 0 saturated heterocycles. The van der Waals surface area contributed by atoms with Crippen molar-refractivity contribution in [1.82, 2.24) is 0 Å². The highest BCUT2D eigenvalue weighted by Gasteiger charge is 2.37. The fraction of sp³-hybridized carbons (Fsp3) is 0.100. The van der Waals surface area contributed by atoms with Crippen molar-refractivity contribution in [2.75, 3.05) is 0 Å². The molecule has 1 rings (SSSR count). The van der Waals surface area contributed by atoms with Crippen molar-refractivity contribution < 1.29 is 31.9 Å². The van der Waals surface area contributed by atoms with Gasteiger partial charge in [-0.25, -0.2) is 8.78 Å². The Morgan fingerprint density at radius 3 is 2.29 bits per heavy atom. The number of hydrogen-bond acceptors (Lipinski definition) is 2. The number of allylic oxidation sites excluding steroid dienone is 1. The maximum atomic E-state index is 13.0. The second-order valence-corrected chi connectivity index (χ2v) is 3.02. The third-order valence-corrected chi connectivity index (χ3v) is 1.75. The number of carbonyl (C=O) groups excluding carboxylic acids is 1. The highest BCUT2D eigenvalue weighted by Crippen LogP contribution is 2.21. The van der Waals surface area contributed by atoms with Crippen LogP contribution in [0.3, 0.4) is 0 Å². The van der Waals surface area contributed by atoms with Crippen LogP contribution >= 0.6 is 0 Å². The number of aliphatic hydroxyl groups excluding tert-OH is 1. The standard InChI is InChI=1S/C10H5F5O2/c11-5-1-2-6(7(12)3-5)8(16)4-9(17)10(13,14)15/h1-4,16H. The van der Waals surface area contributed by atoms with Crippen LogP contribution in [0.1, 0.15) is 5.56 Å². The Hall–Kier alpha value is -1.92. The van der Waals surface area contributed by atoms with Gasteiger partial charge in [-0.15, -0.1) is 0 Å². The van der Waals surface area contributed by atoms with Gasteiger partial charge in [0.2, 0.25) is 0 Å². The van der Waals surface area contributed by atoms with E-state index in [1.165, 1.54) is 0 Å². The Kier molecular flexibility index (Phi) is 3.50. The molecule has 0 bridgehead atoms. The van der Waals surface area contributed by atoms with Crippen molar-refractivity contribution in [1.29, 1.82) is 0 Å². The molecule has 0 saturated carbocycles. The van der Waals surface area contributed by atoms with E-state index in [4.69, 9.17) is 5.11 Å². The summed E-state index contributed by atoms with van der Waals surface area (Å²) < 4.78 is 61.0. The largest absolute Gasteiger partial charge is 0.507 e. The minimum absolute atomic E-state index is 0.170. The molecule has 0 radical (unpaired) electrons. The Morgan fingerprint density at radius 1 is 1.24 bits per heavy atom. The summed E-state index contributed by atoms with van der Waals surface area (Å²) in [5, 5.41) is 9.10. The summed E-state index contributed by atoms with van der Waals surface area (Å²) in [6.45, 7) is 0. The molecule has 1 N–H and O–H groups in total. The SMILES string of the molecule is O=C(C=C(O)c1ccc(F)cc1F)C(F)(F)F. The second kappa shape index (κ2) is 4.52. The van der Waals surface area contributed by atoms with E-state index in [0.717, 1.165) is 12.1 Å². The lowest BCUT2D eigenvalue weighted by atomic mass is 10.1. The molecule has 0 unspecified atom stereocenters. The van der Waals surface area contributed by atoms with Gasteiger partial charge in [-0.3, -0.25) is 4.79 Å². The van der Waals surface area contributed by atoms with Crippen LogP contribution < -0.4 is 0 Å². The van der Waals surface area contributed by atoms with Crippen LogP contribution in [0.5, 0.6) is 0 Å². The first-order valence-corrected chi connectivity index (χ1v) is 4.19. The molecule has 0 fully saturated rings. The van der Waals surface area contributed by atoms with Crippen LogP contribution in [-0.2, 0) is 4.79 Å². The van der Waals surface area contributed by atoms with Gasteiger partial charge < -0.3 is 5.11 Å². The number of rotatable bonds is 2. The average Bonchev–Trinajstić information content (AvgIpc) is 2.15. The Bertz CT molecular complexity index is 476. The Morgan fingerprint density at radius 2 is 1.82 bits per heavy atom. The van der Waals surface area contributed by atoms with Gasteiger partial charge in [-0.1, -0.05) is 0 Å². The maximum absolute atomic E-state index is 13.0. The van der Waals surface area contributed by atoms with E-state index in [0.29, 0.717) is 6.07 Å². The van der Waals surface area contributed by atoms with E-state index in [9.17, 15) is 26.7 Å². The normalized spacial score (nSPS) is 12.6. The topological polar surface area (TPSA) is 37.3 Å². The predicted molar refractivity (Wildman–Crippen MR) is 48.0 cm³/mol. The van der Waals surface area contributed by atoms with Crippen LogP contribution in [0.25, 0.3) is 5.76 Å². The van der Waals surface area contributed by atoms with Crippen molar-refractivity contribution >= 4 is 11.5 Å². The van der Waals surface area contributed by atoms with E-state index in [1.54, 1.807) is 0 Å². The quantitative estimate of drug-likeness (QED) is 0.499. The fourth-order valence-electron chi connectivity index (χ4n) is 0.981. The molecule has 0 aliphatic heterocycles. The minimum atomic E-state index is -5.16. The molecular weight excluding hydrogens is 247 g/mol. The summed E-state index contributed by atoms with van der Waals surface area (Å²) >= 11 is 0. The zero-order chi connectivity index (χ0) is 13.2. The number of carbonyl (C=O) groups is 1. The highest BCUT2D eigenvalue weighted by molar-refractivity contribution is 5.99. The number of benzene rings is 1. The smallest absolute Gasteiger partial charge is 0.454 e. The van der Waals surface area contributed by atoms with Crippen molar-refractivity contribution in [3.8, 4) is 0 Å². The molecule has 0 aliphatic rings. The van der Waals surface area contributed by atoms with Crippen LogP contribution in [0.15, 0.2) is 24.3 Å². The highest BCUT2D eigenvalue weighted by atomic mass is 19.4. The first-order chi connectivity index (χ1) is 7.71. The summed E-state index contributed by atoms with van der Waals surface area (Å²) in [5.41, 5.74) is -0.691. The van der Waals surface area contributed by atoms with Gasteiger partial charge in [0.15, 0.2) is 0 Å². The van der Waals surface area contributed by atoms with Gasteiger partial charge in [0.05, 0.1) is 5.56 Å². The molecule has 0 amide bonds. The maximum Gasteiger partial charge on any atom is 0.454 e. The lowest BCUT2D eigenvalue weighted by Crippen LogP contribution is -2.20. The third-order valence-electron chi connectivity index (χ3n) is 1.75. The Balaban J connectivity index is 3.09. The summed E-state index contributed by atoms with van der Waals surface area (Å²) in [5.74, 6) is -5.78. The predicted octanol–water partition coefficient (Wildman–Crippen LogP) is 3.00. The number of aliphatic hydroxyl groups is 1. The van der Waals surface area contributed by atoms with Crippen molar-refractivity contribution in [3.63, 3.8) is 0 Å². The minimum Gasteiger partial charge on any atom is -0.507 e. The molecule has 92 valence electrons. The fourth-order valence-corrected chi connectivity index (χ4v) is 0.981. The van der Waals surface area contributed by atoms with Crippen LogP contribution in [0.2, 0.25) is 0 Å². The number of ketones is 1. The summed E-state index contributed by atoms with van der Waals surface area (Å²) in [4.78, 5) is 10.5. The van der Waals surface area contributed by atoms with Crippen LogP contribution in [0.4, 0.5) is 22.0 Å². The number of alkyl halides is 3. The average molecular weight is 252 g/mol. The van der Waals surface area contributed by atoms with Gasteiger partial charge in [0.25, 0.3) is 5.78 Å². The molecular formula is C10H5F5O2. The molecule has 7 heteroatoms. The third kappa shape index (κ3) is 3.27. The summed E-state index contributed by atoms with van der Waals surface area (Å²) in [7, 11) is 0. The number of hydrogen-bond donors (Lipinski definition) is 1. The van der Waals surface area contributed by atoms with Gasteiger partial charge >= 0.3 is 6.18 Å². The monoisotopic (exact) mass is 252 g/mol. The van der Waals surface area contributed by atoms with Crippen molar-refractivity contribution in [3.05, 3.63) is 41.5 Å². The zero-order valence-electron chi connectivity index (χ0n) is 8.05. The van der Waals surface area contributed by atoms with Crippen LogP contribution in [0, 0.1) is 11.6 Å². The molecule has 0 heterocycles. The Labute approximate surface area is 92.0 Å². The second-order valence-electron chi connectivity index (χ2n) is 3.02. The van der Waals surface area contributed by atoms with Gasteiger partial charge in [0, 0.05) is 12.1 Å². The summed E-state index contributed by atoms with van der Waals surface area (Å²) in [6.07, 6.45) is -5.33. The molecule has 0 spiro atoms. The molecule has 1 aromatic carbocycles. The molecule has 2 nitrogen and oxygen atoms in total. The first-order valence-electron chi connectivity index (χ1n) is 4.19. The number of halogens is 5. The summed E-state index contributed by atoms with van der Waals surface area (Å²) in [6, 6.07) is 1.83. The molecule has 0 aromatic heterocycles. The lowest BCUT2D eigenvalue weighted by Gasteiger charge is -2.04. The van der Waals surface area contributed by atoms with E-state index in [2.05, 4.69) is 0 Å². The lowest BCUT2D eigenvalue weighted by molar-refractivity contribution is -0.165.